The van der Waals surface area contributed by atoms with Crippen LogP contribution in [0.4, 0.5) is 11.4 Å². The summed E-state index contributed by atoms with van der Waals surface area (Å²) in [4.78, 5) is 5.17. The third-order valence-electron chi connectivity index (χ3n) is 4.29. The smallest absolute Gasteiger partial charge is 0.135 e. The number of thioether (sulfide) groups is 1. The van der Waals surface area contributed by atoms with Crippen LogP contribution in [0.3, 0.4) is 0 Å². The molecule has 0 fully saturated rings. The molecule has 0 amide bonds. The zero-order valence-electron chi connectivity index (χ0n) is 12.7. The van der Waals surface area contributed by atoms with Gasteiger partial charge in [-0.15, -0.1) is 0 Å². The summed E-state index contributed by atoms with van der Waals surface area (Å²) in [5.74, 6) is 0.668. The fourth-order valence-electron chi connectivity index (χ4n) is 3.11. The molecular weight excluding hydrogens is 306 g/mol. The van der Waals surface area contributed by atoms with Crippen molar-refractivity contribution in [2.24, 2.45) is 0 Å². The number of para-hydroxylation sites is 2. The van der Waals surface area contributed by atoms with Crippen LogP contribution in [0, 0.1) is 5.41 Å². The summed E-state index contributed by atoms with van der Waals surface area (Å²) >= 11 is 1.69. The Balaban J connectivity index is 1.66. The lowest BCUT2D eigenvalue weighted by Crippen LogP contribution is -2.33. The Morgan fingerprint density at radius 2 is 1.78 bits per heavy atom. The summed E-state index contributed by atoms with van der Waals surface area (Å²) in [5.41, 5.74) is 2.79. The molecule has 0 bridgehead atoms. The number of likely N-dealkylation sites (N-methyl/N-ethyl adjacent to an activating group) is 1. The predicted molar refractivity (Wildman–Crippen MR) is 95.7 cm³/mol. The molecule has 4 rings (SSSR count). The van der Waals surface area contributed by atoms with Crippen molar-refractivity contribution in [3.05, 3.63) is 65.9 Å². The minimum Gasteiger partial charge on any atom is -0.510 e. The van der Waals surface area contributed by atoms with Crippen LogP contribution in [0.15, 0.2) is 70.8 Å². The second kappa shape index (κ2) is 5.35. The van der Waals surface area contributed by atoms with E-state index in [0.29, 0.717) is 18.0 Å². The Morgan fingerprint density at radius 3 is 2.52 bits per heavy atom. The van der Waals surface area contributed by atoms with E-state index in [1.165, 1.54) is 4.90 Å². The Kier molecular flexibility index (Phi) is 3.31. The minimum absolute atomic E-state index is 0.0615. The first kappa shape index (κ1) is 14.2. The number of aliphatic hydroxyl groups excluding tert-OH is 1. The number of nitrogens with one attached hydrogen (secondary N) is 1. The van der Waals surface area contributed by atoms with E-state index in [1.54, 1.807) is 11.8 Å². The van der Waals surface area contributed by atoms with E-state index in [4.69, 9.17) is 5.41 Å². The topological polar surface area (TPSA) is 50.6 Å². The number of nitrogens with zero attached hydrogens (tertiary/aromatic N) is 2. The molecule has 0 aliphatic carbocycles. The van der Waals surface area contributed by atoms with Crippen LogP contribution in [-0.4, -0.2) is 29.9 Å². The Labute approximate surface area is 139 Å². The molecule has 0 spiro atoms. The number of anilines is 2. The molecule has 1 atom stereocenters. The largest absolute Gasteiger partial charge is 0.510 e. The van der Waals surface area contributed by atoms with Crippen molar-refractivity contribution >= 4 is 29.0 Å². The first-order chi connectivity index (χ1) is 11.2. The summed E-state index contributed by atoms with van der Waals surface area (Å²) in [6.07, 6.45) is 0. The van der Waals surface area contributed by atoms with Crippen LogP contribution in [0.1, 0.15) is 0 Å². The van der Waals surface area contributed by atoms with Gasteiger partial charge in [0.2, 0.25) is 0 Å². The molecule has 2 aromatic rings. The summed E-state index contributed by atoms with van der Waals surface area (Å²) in [7, 11) is 2.02. The maximum Gasteiger partial charge on any atom is 0.135 e. The van der Waals surface area contributed by atoms with Gasteiger partial charge in [0.1, 0.15) is 17.0 Å². The third-order valence-corrected chi connectivity index (χ3v) is 5.67. The summed E-state index contributed by atoms with van der Waals surface area (Å²) in [5, 5.41) is 19.0. The molecule has 2 aliphatic heterocycles. The van der Waals surface area contributed by atoms with Crippen molar-refractivity contribution in [1.82, 2.24) is 0 Å². The molecule has 0 saturated carbocycles. The Bertz CT molecular complexity index is 803. The van der Waals surface area contributed by atoms with E-state index in [-0.39, 0.29) is 11.1 Å². The quantitative estimate of drug-likeness (QED) is 0.881. The molecule has 0 radical (unpaired) electrons. The van der Waals surface area contributed by atoms with E-state index in [1.807, 2.05) is 54.4 Å². The molecule has 0 saturated heterocycles. The second-order valence-electron chi connectivity index (χ2n) is 5.68. The lowest BCUT2D eigenvalue weighted by Gasteiger charge is -2.24. The highest BCUT2D eigenvalue weighted by atomic mass is 32.2. The zero-order valence-corrected chi connectivity index (χ0v) is 13.5. The van der Waals surface area contributed by atoms with Gasteiger partial charge in [0.25, 0.3) is 0 Å². The van der Waals surface area contributed by atoms with Crippen LogP contribution >= 0.6 is 11.8 Å². The Morgan fingerprint density at radius 1 is 1.09 bits per heavy atom. The summed E-state index contributed by atoms with van der Waals surface area (Å²) in [6, 6.07) is 18.0. The Hall–Kier alpha value is -2.40. The van der Waals surface area contributed by atoms with Gasteiger partial charge in [0.05, 0.1) is 17.8 Å². The van der Waals surface area contributed by atoms with E-state index >= 15 is 0 Å². The fourth-order valence-corrected chi connectivity index (χ4v) is 4.48. The van der Waals surface area contributed by atoms with Gasteiger partial charge in [0, 0.05) is 17.6 Å². The molecule has 116 valence electrons. The van der Waals surface area contributed by atoms with Crippen LogP contribution < -0.4 is 9.80 Å². The van der Waals surface area contributed by atoms with Gasteiger partial charge >= 0.3 is 0 Å². The van der Waals surface area contributed by atoms with Crippen molar-refractivity contribution in [2.75, 3.05) is 23.4 Å². The molecule has 5 heteroatoms. The van der Waals surface area contributed by atoms with Crippen molar-refractivity contribution < 1.29 is 5.11 Å². The SMILES string of the molecule is CN1c2ccccc2SC1C1=C(O)CN(c2ccccc2)C1=N. The molecule has 2 heterocycles. The number of aliphatic hydroxyl groups is 1. The van der Waals surface area contributed by atoms with Crippen molar-refractivity contribution in [3.8, 4) is 0 Å². The van der Waals surface area contributed by atoms with Gasteiger partial charge in [-0.25, -0.2) is 0 Å². The van der Waals surface area contributed by atoms with Crippen LogP contribution in [0.2, 0.25) is 0 Å². The molecule has 2 N–H and O–H groups in total. The monoisotopic (exact) mass is 323 g/mol. The average Bonchev–Trinajstić information content (AvgIpc) is 3.05. The molecule has 2 aromatic carbocycles. The number of hydrogen-bond acceptors (Lipinski definition) is 4. The standard InChI is InChI=1S/C18H17N3OS/c1-20-13-9-5-6-10-15(13)23-18(20)16-14(22)11-21(17(16)19)12-7-3-2-4-8-12/h2-10,18-19,22H,11H2,1H3. The third kappa shape index (κ3) is 2.19. The minimum atomic E-state index is -0.0615. The highest BCUT2D eigenvalue weighted by Gasteiger charge is 2.39. The highest BCUT2D eigenvalue weighted by Crippen LogP contribution is 2.46. The number of fused-ring (bicyclic) bond motifs is 1. The van der Waals surface area contributed by atoms with E-state index in [9.17, 15) is 5.11 Å². The zero-order chi connectivity index (χ0) is 16.0. The van der Waals surface area contributed by atoms with Crippen LogP contribution in [0.5, 0.6) is 0 Å². The molecule has 23 heavy (non-hydrogen) atoms. The van der Waals surface area contributed by atoms with Gasteiger partial charge in [0.15, 0.2) is 0 Å². The van der Waals surface area contributed by atoms with Crippen LogP contribution in [-0.2, 0) is 0 Å². The number of hydrogen-bond donors (Lipinski definition) is 2. The first-order valence-electron chi connectivity index (χ1n) is 7.49. The normalized spacial score (nSPS) is 20.4. The van der Waals surface area contributed by atoms with Crippen LogP contribution in [0.25, 0.3) is 0 Å². The molecule has 0 aromatic heterocycles. The first-order valence-corrected chi connectivity index (χ1v) is 8.37. The maximum atomic E-state index is 10.5. The number of amidine groups is 1. The number of rotatable bonds is 2. The van der Waals surface area contributed by atoms with Gasteiger partial charge in [-0.05, 0) is 24.3 Å². The van der Waals surface area contributed by atoms with Gasteiger partial charge in [-0.2, -0.15) is 0 Å². The lowest BCUT2D eigenvalue weighted by atomic mass is 10.2. The van der Waals surface area contributed by atoms with Gasteiger partial charge < -0.3 is 14.9 Å². The maximum absolute atomic E-state index is 10.5. The predicted octanol–water partition coefficient (Wildman–Crippen LogP) is 3.86. The van der Waals surface area contributed by atoms with E-state index in [2.05, 4.69) is 17.0 Å². The second-order valence-corrected chi connectivity index (χ2v) is 6.80. The highest BCUT2D eigenvalue weighted by molar-refractivity contribution is 8.00. The molecular formula is C18H17N3OS. The van der Waals surface area contributed by atoms with E-state index in [0.717, 1.165) is 11.4 Å². The summed E-state index contributed by atoms with van der Waals surface area (Å²) < 4.78 is 0. The molecule has 1 unspecified atom stereocenters. The van der Waals surface area contributed by atoms with E-state index < -0.39 is 0 Å². The van der Waals surface area contributed by atoms with Crippen molar-refractivity contribution in [3.63, 3.8) is 0 Å². The molecule has 2 aliphatic rings. The van der Waals surface area contributed by atoms with Crippen molar-refractivity contribution in [2.45, 2.75) is 10.3 Å². The molecule has 4 nitrogen and oxygen atoms in total. The van der Waals surface area contributed by atoms with Gasteiger partial charge in [-0.1, -0.05) is 42.1 Å². The average molecular weight is 323 g/mol. The van der Waals surface area contributed by atoms with Crippen molar-refractivity contribution in [1.29, 1.82) is 5.41 Å². The fraction of sp³-hybridized carbons (Fsp3) is 0.167. The number of benzene rings is 2. The summed E-state index contributed by atoms with van der Waals surface area (Å²) in [6.45, 7) is 0.361. The lowest BCUT2D eigenvalue weighted by molar-refractivity contribution is 0.403. The van der Waals surface area contributed by atoms with Gasteiger partial charge in [-0.3, -0.25) is 5.41 Å².